The molecule has 9 nitrogen and oxygen atoms in total. The first kappa shape index (κ1) is 24.7. The Hall–Kier alpha value is -3.45. The highest BCUT2D eigenvalue weighted by Gasteiger charge is 2.33. The van der Waals surface area contributed by atoms with Gasteiger partial charge in [0.25, 0.3) is 0 Å². The number of nitriles is 1. The minimum Gasteiger partial charge on any atom is -0.468 e. The van der Waals surface area contributed by atoms with Gasteiger partial charge in [-0.25, -0.2) is 0 Å². The summed E-state index contributed by atoms with van der Waals surface area (Å²) in [4.78, 5) is 46.5. The molecule has 2 aromatic rings. The highest BCUT2D eigenvalue weighted by atomic mass is 32.1. The van der Waals surface area contributed by atoms with Crippen molar-refractivity contribution in [3.05, 3.63) is 29.6 Å². The fraction of sp³-hybridized carbons (Fsp3) is 0.480. The number of hydrogen-bond donors (Lipinski definition) is 1. The Morgan fingerprint density at radius 1 is 1.23 bits per heavy atom. The Labute approximate surface area is 208 Å². The predicted molar refractivity (Wildman–Crippen MR) is 134 cm³/mol. The number of nitrogens with one attached hydrogen (secondary N) is 1. The van der Waals surface area contributed by atoms with E-state index in [1.54, 1.807) is 9.80 Å². The van der Waals surface area contributed by atoms with Gasteiger partial charge in [-0.1, -0.05) is 18.2 Å². The Morgan fingerprint density at radius 3 is 2.71 bits per heavy atom. The lowest BCUT2D eigenvalue weighted by atomic mass is 10.1. The molecule has 0 radical (unpaired) electrons. The quantitative estimate of drug-likeness (QED) is 0.374. The van der Waals surface area contributed by atoms with Gasteiger partial charge in [0.2, 0.25) is 17.7 Å². The number of methoxy groups -OCH3 is 1. The molecular formula is C25H29N5O4S. The molecule has 2 amide bonds. The number of hydrogen-bond acceptors (Lipinski definition) is 7. The smallest absolute Gasteiger partial charge is 0.330 e. The van der Waals surface area contributed by atoms with Crippen molar-refractivity contribution < 1.29 is 19.1 Å². The number of anilines is 1. The molecule has 0 bridgehead atoms. The van der Waals surface area contributed by atoms with Crippen LogP contribution in [0.2, 0.25) is 0 Å². The lowest BCUT2D eigenvalue weighted by Crippen LogP contribution is -2.45. The Balaban J connectivity index is 1.62. The van der Waals surface area contributed by atoms with Crippen molar-refractivity contribution in [1.29, 1.82) is 5.26 Å². The molecule has 10 heteroatoms. The highest BCUT2D eigenvalue weighted by molar-refractivity contribution is 7.17. The van der Waals surface area contributed by atoms with Gasteiger partial charge in [0, 0.05) is 35.1 Å². The second-order valence-electron chi connectivity index (χ2n) is 8.73. The predicted octanol–water partition coefficient (Wildman–Crippen LogP) is 3.03. The summed E-state index contributed by atoms with van der Waals surface area (Å²) in [7, 11) is 1.22. The van der Waals surface area contributed by atoms with Crippen LogP contribution in [0.4, 0.5) is 5.69 Å². The van der Waals surface area contributed by atoms with Crippen molar-refractivity contribution in [3.63, 3.8) is 0 Å². The molecule has 184 valence electrons. The third-order valence-electron chi connectivity index (χ3n) is 6.42. The summed E-state index contributed by atoms with van der Waals surface area (Å²) in [6, 6.07) is 8.93. The van der Waals surface area contributed by atoms with Gasteiger partial charge >= 0.3 is 5.97 Å². The van der Waals surface area contributed by atoms with Crippen molar-refractivity contribution >= 4 is 50.7 Å². The number of thiophene rings is 1. The van der Waals surface area contributed by atoms with Gasteiger partial charge in [-0.3, -0.25) is 19.4 Å². The molecule has 2 unspecified atom stereocenters. The van der Waals surface area contributed by atoms with Gasteiger partial charge in [-0.05, 0) is 38.2 Å². The minimum atomic E-state index is -1.31. The van der Waals surface area contributed by atoms with E-state index in [-0.39, 0.29) is 24.2 Å². The molecule has 0 spiro atoms. The van der Waals surface area contributed by atoms with Crippen LogP contribution >= 0.6 is 11.3 Å². The molecule has 2 aliphatic heterocycles. The topological polar surface area (TPSA) is 115 Å². The largest absolute Gasteiger partial charge is 0.468 e. The summed E-state index contributed by atoms with van der Waals surface area (Å²) >= 11 is 1.52. The molecule has 0 aliphatic carbocycles. The molecule has 2 aliphatic rings. The first-order valence-corrected chi connectivity index (χ1v) is 12.7. The van der Waals surface area contributed by atoms with Gasteiger partial charge in [0.1, 0.15) is 11.9 Å². The van der Waals surface area contributed by atoms with Gasteiger partial charge < -0.3 is 19.9 Å². The number of likely N-dealkylation sites (tertiary alicyclic amines) is 2. The summed E-state index contributed by atoms with van der Waals surface area (Å²) in [5.41, 5.74) is 0.704. The minimum absolute atomic E-state index is 0.0292. The van der Waals surface area contributed by atoms with Crippen LogP contribution in [0.25, 0.3) is 10.1 Å². The van der Waals surface area contributed by atoms with Gasteiger partial charge in [-0.15, -0.1) is 11.3 Å². The van der Waals surface area contributed by atoms with Crippen molar-refractivity contribution in [2.24, 2.45) is 10.9 Å². The first-order chi connectivity index (χ1) is 17.0. The maximum Gasteiger partial charge on any atom is 0.330 e. The molecule has 2 atom stereocenters. The standard InChI is InChI=1S/C25H29N5O4S/c1-34-25(33)18(14-26)23(28-20-16-35-21-10-3-2-8-17(20)21)27-19-9-4-5-13-30(24(19)32)15-22(31)29-11-6-7-12-29/h2-3,8,10,16,18-19H,4-7,9,11-13,15H2,1H3,(H,27,28). The van der Waals surface area contributed by atoms with Crippen molar-refractivity contribution in [2.45, 2.75) is 38.1 Å². The van der Waals surface area contributed by atoms with Crippen molar-refractivity contribution in [2.75, 3.05) is 38.6 Å². The summed E-state index contributed by atoms with van der Waals surface area (Å²) < 4.78 is 5.88. The fourth-order valence-electron chi connectivity index (χ4n) is 4.49. The Morgan fingerprint density at radius 2 is 1.97 bits per heavy atom. The molecule has 0 saturated carbocycles. The fourth-order valence-corrected chi connectivity index (χ4v) is 5.39. The second kappa shape index (κ2) is 11.3. The third-order valence-corrected chi connectivity index (χ3v) is 7.38. The van der Waals surface area contributed by atoms with E-state index in [9.17, 15) is 19.6 Å². The van der Waals surface area contributed by atoms with Crippen LogP contribution in [0, 0.1) is 17.2 Å². The van der Waals surface area contributed by atoms with Gasteiger partial charge in [0.15, 0.2) is 0 Å². The highest BCUT2D eigenvalue weighted by Crippen LogP contribution is 2.30. The van der Waals surface area contributed by atoms with Crippen LogP contribution in [-0.4, -0.2) is 72.7 Å². The molecule has 1 aromatic carbocycles. The van der Waals surface area contributed by atoms with Gasteiger partial charge in [0.05, 0.1) is 25.4 Å². The number of ether oxygens (including phenoxy) is 1. The molecule has 1 aromatic heterocycles. The number of amides is 2. The number of nitrogens with zero attached hydrogens (tertiary/aromatic N) is 4. The summed E-state index contributed by atoms with van der Waals surface area (Å²) in [5.74, 6) is -2.29. The zero-order valence-corrected chi connectivity index (χ0v) is 20.6. The maximum absolute atomic E-state index is 13.4. The van der Waals surface area contributed by atoms with Crippen LogP contribution in [0.3, 0.4) is 0 Å². The number of carbonyl (C=O) groups excluding carboxylic acids is 3. The lowest BCUT2D eigenvalue weighted by Gasteiger charge is -2.25. The normalized spacial score (nSPS) is 19.8. The second-order valence-corrected chi connectivity index (χ2v) is 9.64. The maximum atomic E-state index is 13.4. The number of benzene rings is 1. The molecule has 2 fully saturated rings. The van der Waals surface area contributed by atoms with E-state index in [2.05, 4.69) is 10.3 Å². The number of fused-ring (bicyclic) bond motifs is 1. The Kier molecular flexibility index (Phi) is 7.98. The van der Waals surface area contributed by atoms with Crippen LogP contribution in [0.15, 0.2) is 34.6 Å². The van der Waals surface area contributed by atoms with E-state index < -0.39 is 17.9 Å². The zero-order chi connectivity index (χ0) is 24.8. The first-order valence-electron chi connectivity index (χ1n) is 11.9. The summed E-state index contributed by atoms with van der Waals surface area (Å²) in [6.45, 7) is 1.98. The van der Waals surface area contributed by atoms with E-state index in [0.29, 0.717) is 18.7 Å². The molecule has 35 heavy (non-hydrogen) atoms. The number of esters is 1. The van der Waals surface area contributed by atoms with Crippen LogP contribution in [0.5, 0.6) is 0 Å². The van der Waals surface area contributed by atoms with Gasteiger partial charge in [-0.2, -0.15) is 5.26 Å². The van der Waals surface area contributed by atoms with E-state index in [1.807, 2.05) is 35.7 Å². The number of amidine groups is 1. The van der Waals surface area contributed by atoms with E-state index >= 15 is 0 Å². The number of rotatable bonds is 6. The summed E-state index contributed by atoms with van der Waals surface area (Å²) in [5, 5.41) is 15.7. The Bertz CT molecular complexity index is 1160. The molecule has 3 heterocycles. The third kappa shape index (κ3) is 5.62. The monoisotopic (exact) mass is 495 g/mol. The molecular weight excluding hydrogens is 466 g/mol. The van der Waals surface area contributed by atoms with Crippen molar-refractivity contribution in [3.8, 4) is 6.07 Å². The lowest BCUT2D eigenvalue weighted by molar-refractivity contribution is -0.141. The molecule has 1 N–H and O–H groups in total. The van der Waals surface area contributed by atoms with E-state index in [1.165, 1.54) is 18.4 Å². The SMILES string of the molecule is COC(=O)C(C#N)C(=NC1CCCCN(CC(=O)N2CCCC2)C1=O)Nc1csc2ccccc12. The average molecular weight is 496 g/mol. The van der Waals surface area contributed by atoms with Crippen LogP contribution in [-0.2, 0) is 19.1 Å². The van der Waals surface area contributed by atoms with Crippen molar-refractivity contribution in [1.82, 2.24) is 9.80 Å². The number of carbonyl (C=O) groups is 3. The summed E-state index contributed by atoms with van der Waals surface area (Å²) in [6.07, 6.45) is 3.96. The molecule has 4 rings (SSSR count). The average Bonchev–Trinajstić information content (AvgIpc) is 3.52. The number of aliphatic imine (C=N–C) groups is 1. The van der Waals surface area contributed by atoms with Crippen LogP contribution in [0.1, 0.15) is 32.1 Å². The van der Waals surface area contributed by atoms with Crippen LogP contribution < -0.4 is 5.32 Å². The molecule has 2 saturated heterocycles. The van der Waals surface area contributed by atoms with E-state index in [0.717, 1.165) is 48.9 Å². The zero-order valence-electron chi connectivity index (χ0n) is 19.7. The van der Waals surface area contributed by atoms with E-state index in [4.69, 9.17) is 4.74 Å².